The number of benzene rings is 4. The van der Waals surface area contributed by atoms with Crippen LogP contribution in [0.2, 0.25) is 0 Å². The van der Waals surface area contributed by atoms with E-state index in [0.29, 0.717) is 0 Å². The Morgan fingerprint density at radius 3 is 1.96 bits per heavy atom. The minimum absolute atomic E-state index is 0.105. The first-order valence-electron chi connectivity index (χ1n) is 15.0. The van der Waals surface area contributed by atoms with E-state index in [-0.39, 0.29) is 5.41 Å². The molecule has 240 valence electrons. The maximum Gasteiger partial charge on any atom is 0.485 e. The molecule has 0 aliphatic heterocycles. The second-order valence-corrected chi connectivity index (χ2v) is 14.0. The minimum Gasteiger partial charge on any atom is -0.741 e. The molecule has 6 rings (SSSR count). The van der Waals surface area contributed by atoms with Gasteiger partial charge in [-0.2, -0.15) is 17.7 Å². The second-order valence-electron chi connectivity index (χ2n) is 12.7. The number of rotatable bonds is 3. The lowest BCUT2D eigenvalue weighted by Gasteiger charge is -2.19. The predicted molar refractivity (Wildman–Crippen MR) is 178 cm³/mol. The van der Waals surface area contributed by atoms with Crippen LogP contribution in [0.25, 0.3) is 49.5 Å². The Morgan fingerprint density at radius 2 is 1.41 bits per heavy atom. The van der Waals surface area contributed by atoms with E-state index in [1.54, 1.807) is 0 Å². The third-order valence-electron chi connectivity index (χ3n) is 8.54. The van der Waals surface area contributed by atoms with E-state index in [4.69, 9.17) is 13.0 Å². The lowest BCUT2D eigenvalue weighted by molar-refractivity contribution is -0.640. The highest BCUT2D eigenvalue weighted by Crippen LogP contribution is 2.39. The number of hydrogen-bond acceptors (Lipinski definition) is 3. The molecule has 46 heavy (non-hydrogen) atoms. The molecule has 0 saturated carbocycles. The topological polar surface area (TPSA) is 66.0 Å². The molecule has 0 unspecified atom stereocenters. The maximum absolute atomic E-state index is 10.7. The molecule has 2 heterocycles. The first-order chi connectivity index (χ1) is 21.4. The number of pyridine rings is 1. The average molecular weight is 647 g/mol. The van der Waals surface area contributed by atoms with Gasteiger partial charge in [0.25, 0.3) is 0 Å². The summed E-state index contributed by atoms with van der Waals surface area (Å²) in [5.41, 5.74) is 6.11. The molecule has 9 heteroatoms. The lowest BCUT2D eigenvalue weighted by Crippen LogP contribution is -2.32. The largest absolute Gasteiger partial charge is 0.741 e. The van der Waals surface area contributed by atoms with E-state index in [1.165, 1.54) is 71.8 Å². The summed E-state index contributed by atoms with van der Waals surface area (Å²) in [5.74, 6) is 0. The van der Waals surface area contributed by atoms with E-state index in [2.05, 4.69) is 143 Å². The summed E-state index contributed by atoms with van der Waals surface area (Å²) in [4.78, 5) is 0. The van der Waals surface area contributed by atoms with E-state index in [9.17, 15) is 13.2 Å². The van der Waals surface area contributed by atoms with Gasteiger partial charge in [-0.3, -0.25) is 0 Å². The van der Waals surface area contributed by atoms with Crippen LogP contribution in [-0.2, 0) is 22.1 Å². The van der Waals surface area contributed by atoms with Crippen LogP contribution >= 0.6 is 0 Å². The van der Waals surface area contributed by atoms with Crippen LogP contribution in [-0.4, -0.2) is 23.0 Å². The molecule has 0 fully saturated rings. The van der Waals surface area contributed by atoms with Gasteiger partial charge in [-0.15, -0.1) is 0 Å². The number of hydrogen-bond donors (Lipinski definition) is 0. The highest BCUT2D eigenvalue weighted by Gasteiger charge is 2.37. The number of nitrogens with zero attached hydrogens (tertiary/aromatic N) is 2. The van der Waals surface area contributed by atoms with Crippen LogP contribution in [0.3, 0.4) is 0 Å². The molecule has 4 aromatic carbocycles. The fraction of sp³-hybridized carbons (Fsp3) is 0.270. The van der Waals surface area contributed by atoms with Crippen molar-refractivity contribution in [2.24, 2.45) is 0 Å². The number of fused-ring (bicyclic) bond motifs is 4. The highest BCUT2D eigenvalue weighted by molar-refractivity contribution is 7.86. The summed E-state index contributed by atoms with van der Waals surface area (Å²) in [7, 11) is -6.09. The Hall–Kier alpha value is -4.21. The fourth-order valence-electron chi connectivity index (χ4n) is 6.09. The van der Waals surface area contributed by atoms with Crippen LogP contribution in [0.1, 0.15) is 49.9 Å². The summed E-state index contributed by atoms with van der Waals surface area (Å²) in [6, 6.07) is 29.1. The molecule has 0 N–H and O–H groups in total. The van der Waals surface area contributed by atoms with Crippen molar-refractivity contribution in [2.45, 2.75) is 65.9 Å². The Kier molecular flexibility index (Phi) is 8.55. The number of alkyl halides is 3. The summed E-state index contributed by atoms with van der Waals surface area (Å²) in [5, 5.41) is 5.39. The van der Waals surface area contributed by atoms with Gasteiger partial charge >= 0.3 is 5.51 Å². The molecule has 0 aliphatic rings. The SMILES string of the molecule is CC[n+]1c2ccc(C(C)(C)C)cc2c2c(C)c3cn(-c4ccc(C)cc4)c(-c4ccccc4)cc3c(C)c21.O=S(=O)([O-])C(F)(F)F. The molecule has 0 spiro atoms. The van der Waals surface area contributed by atoms with Gasteiger partial charge in [0.2, 0.25) is 11.0 Å². The van der Waals surface area contributed by atoms with E-state index in [1.807, 2.05) is 0 Å². The molecule has 6 aromatic rings. The maximum atomic E-state index is 10.7. The summed E-state index contributed by atoms with van der Waals surface area (Å²) < 4.78 is 63.8. The number of aryl methyl sites for hydroxylation is 4. The molecule has 0 aliphatic carbocycles. The molecule has 5 nitrogen and oxygen atoms in total. The van der Waals surface area contributed by atoms with Crippen molar-refractivity contribution in [1.82, 2.24) is 4.57 Å². The van der Waals surface area contributed by atoms with E-state index < -0.39 is 15.6 Å². The third-order valence-corrected chi connectivity index (χ3v) is 9.10. The fourth-order valence-corrected chi connectivity index (χ4v) is 6.09. The first kappa shape index (κ1) is 33.2. The summed E-state index contributed by atoms with van der Waals surface area (Å²) in [6.07, 6.45) is 2.37. The van der Waals surface area contributed by atoms with Crippen molar-refractivity contribution >= 4 is 42.7 Å². The highest BCUT2D eigenvalue weighted by atomic mass is 32.2. The Morgan fingerprint density at radius 1 is 0.804 bits per heavy atom. The molecule has 2 aromatic heterocycles. The van der Waals surface area contributed by atoms with Crippen molar-refractivity contribution in [1.29, 1.82) is 0 Å². The van der Waals surface area contributed by atoms with Crippen molar-refractivity contribution in [3.63, 3.8) is 0 Å². The van der Waals surface area contributed by atoms with Crippen molar-refractivity contribution in [3.05, 3.63) is 107 Å². The monoisotopic (exact) mass is 646 g/mol. The molecule has 0 saturated heterocycles. The van der Waals surface area contributed by atoms with Crippen molar-refractivity contribution < 1.29 is 30.7 Å². The molecule has 0 amide bonds. The first-order valence-corrected chi connectivity index (χ1v) is 16.4. The van der Waals surface area contributed by atoms with Gasteiger partial charge in [-0.1, -0.05) is 74.9 Å². The normalized spacial score (nSPS) is 12.5. The standard InChI is InChI=1S/C36H37N2.CHF3O3S/c1-8-37-32-19-16-27(36(5,6)7)20-30(32)34-24(3)31-22-38(28-17-14-23(2)15-18-28)33(26-12-10-9-11-13-26)21-29(31)25(4)35(34)37;2-1(3,4)8(5,6)7/h9-22H,8H2,1-7H3;(H,5,6,7)/q+1;/p-1. The van der Waals surface area contributed by atoms with E-state index >= 15 is 0 Å². The van der Waals surface area contributed by atoms with Gasteiger partial charge < -0.3 is 9.12 Å². The summed E-state index contributed by atoms with van der Waals surface area (Å²) >= 11 is 0. The van der Waals surface area contributed by atoms with Crippen LogP contribution < -0.4 is 4.57 Å². The Balaban J connectivity index is 0.000000463. The molecule has 0 radical (unpaired) electrons. The lowest BCUT2D eigenvalue weighted by atomic mass is 9.86. The van der Waals surface area contributed by atoms with Crippen LogP contribution in [0, 0.1) is 20.8 Å². The van der Waals surface area contributed by atoms with Crippen LogP contribution in [0.5, 0.6) is 0 Å². The minimum atomic E-state index is -6.09. The molecule has 0 bridgehead atoms. The zero-order valence-corrected chi connectivity index (χ0v) is 27.8. The summed E-state index contributed by atoms with van der Waals surface area (Å²) in [6.45, 7) is 16.9. The average Bonchev–Trinajstić information content (AvgIpc) is 3.33. The zero-order chi connectivity index (χ0) is 33.8. The Bertz CT molecular complexity index is 2200. The zero-order valence-electron chi connectivity index (χ0n) is 27.0. The van der Waals surface area contributed by atoms with Crippen LogP contribution in [0.15, 0.2) is 85.1 Å². The smallest absolute Gasteiger partial charge is 0.485 e. The quantitative estimate of drug-likeness (QED) is 0.109. The van der Waals surface area contributed by atoms with Gasteiger partial charge in [-0.25, -0.2) is 8.42 Å². The van der Waals surface area contributed by atoms with Crippen molar-refractivity contribution in [2.75, 3.05) is 0 Å². The van der Waals surface area contributed by atoms with Crippen molar-refractivity contribution in [3.8, 4) is 16.9 Å². The van der Waals surface area contributed by atoms with Gasteiger partial charge in [0, 0.05) is 28.9 Å². The van der Waals surface area contributed by atoms with Gasteiger partial charge in [0.05, 0.1) is 16.5 Å². The van der Waals surface area contributed by atoms with Gasteiger partial charge in [-0.05, 0) is 79.5 Å². The number of halogens is 3. The third kappa shape index (κ3) is 6.01. The number of aromatic nitrogens is 2. The second kappa shape index (κ2) is 11.9. The van der Waals surface area contributed by atoms with Gasteiger partial charge in [0.1, 0.15) is 6.54 Å². The van der Waals surface area contributed by atoms with Crippen LogP contribution in [0.4, 0.5) is 13.2 Å². The molecule has 0 atom stereocenters. The Labute approximate surface area is 267 Å². The predicted octanol–water partition coefficient (Wildman–Crippen LogP) is 9.19. The molecular weight excluding hydrogens is 609 g/mol. The van der Waals surface area contributed by atoms with Gasteiger partial charge in [0.15, 0.2) is 10.1 Å². The molecular formula is C37H37F3N2O3S. The van der Waals surface area contributed by atoms with E-state index in [0.717, 1.165) is 6.54 Å².